The van der Waals surface area contributed by atoms with Gasteiger partial charge in [-0.1, -0.05) is 0 Å². The summed E-state index contributed by atoms with van der Waals surface area (Å²) in [6, 6.07) is -0.111. The number of carbonyl (C=O) groups excluding carboxylic acids is 1. The largest absolute Gasteiger partial charge is 0.383 e. The second-order valence-electron chi connectivity index (χ2n) is 4.25. The Bertz CT molecular complexity index is 649. The van der Waals surface area contributed by atoms with Gasteiger partial charge in [-0.2, -0.15) is 0 Å². The predicted octanol–water partition coefficient (Wildman–Crippen LogP) is 0.863. The van der Waals surface area contributed by atoms with E-state index in [1.807, 2.05) is 6.92 Å². The predicted molar refractivity (Wildman–Crippen MR) is 72.8 cm³/mol. The molecule has 0 aliphatic carbocycles. The first kappa shape index (κ1) is 13.7. The molecule has 1 unspecified atom stereocenters. The lowest BCUT2D eigenvalue weighted by Gasteiger charge is -2.23. The summed E-state index contributed by atoms with van der Waals surface area (Å²) in [6.45, 7) is 2.27. The number of hydrogen-bond acceptors (Lipinski definition) is 5. The lowest BCUT2D eigenvalue weighted by Crippen LogP contribution is -2.40. The monoisotopic (exact) mass is 281 g/mol. The third kappa shape index (κ3) is 2.52. The van der Waals surface area contributed by atoms with Crippen LogP contribution in [0.1, 0.15) is 17.3 Å². The van der Waals surface area contributed by atoms with E-state index in [2.05, 4.69) is 4.98 Å². The first-order valence-electron chi connectivity index (χ1n) is 5.77. The minimum Gasteiger partial charge on any atom is -0.383 e. The first-order valence-corrected chi connectivity index (χ1v) is 6.65. The highest BCUT2D eigenvalue weighted by molar-refractivity contribution is 7.15. The van der Waals surface area contributed by atoms with Gasteiger partial charge in [0.2, 0.25) is 0 Å². The lowest BCUT2D eigenvalue weighted by molar-refractivity contribution is 0.0631. The van der Waals surface area contributed by atoms with Crippen LogP contribution in [-0.2, 0) is 4.74 Å². The molecule has 102 valence electrons. The first-order chi connectivity index (χ1) is 9.06. The number of amides is 1. The molecule has 1 amide bonds. The zero-order chi connectivity index (χ0) is 14.0. The molecular weight excluding hydrogens is 266 g/mol. The number of thiazole rings is 1. The maximum Gasteiger partial charge on any atom is 0.271 e. The molecule has 0 spiro atoms. The highest BCUT2D eigenvalue weighted by Gasteiger charge is 2.21. The molecule has 0 saturated carbocycles. The minimum atomic E-state index is -0.345. The molecule has 0 N–H and O–H groups in total. The summed E-state index contributed by atoms with van der Waals surface area (Å²) in [5.41, 5.74) is -0.269. The number of hydrogen-bond donors (Lipinski definition) is 0. The Kier molecular flexibility index (Phi) is 3.96. The maximum atomic E-state index is 12.3. The number of carbonyl (C=O) groups is 1. The number of nitrogens with zero attached hydrogens (tertiary/aromatic N) is 3. The van der Waals surface area contributed by atoms with Gasteiger partial charge in [-0.3, -0.25) is 14.0 Å². The van der Waals surface area contributed by atoms with E-state index in [4.69, 9.17) is 4.74 Å². The summed E-state index contributed by atoms with van der Waals surface area (Å²) in [5.74, 6) is -0.345. The summed E-state index contributed by atoms with van der Waals surface area (Å²) >= 11 is 1.35. The summed E-state index contributed by atoms with van der Waals surface area (Å²) in [5, 5.41) is 1.76. The fourth-order valence-electron chi connectivity index (χ4n) is 1.71. The smallest absolute Gasteiger partial charge is 0.271 e. The topological polar surface area (TPSA) is 63.9 Å². The molecule has 19 heavy (non-hydrogen) atoms. The molecule has 1 atom stereocenters. The molecule has 7 heteroatoms. The van der Waals surface area contributed by atoms with E-state index < -0.39 is 0 Å². The summed E-state index contributed by atoms with van der Waals surface area (Å²) in [7, 11) is 3.22. The zero-order valence-electron chi connectivity index (χ0n) is 11.0. The highest BCUT2D eigenvalue weighted by Crippen LogP contribution is 2.08. The van der Waals surface area contributed by atoms with E-state index in [9.17, 15) is 9.59 Å². The number of ether oxygens (including phenoxy) is 1. The van der Waals surface area contributed by atoms with Crippen molar-refractivity contribution >= 4 is 22.2 Å². The molecule has 2 aromatic heterocycles. The van der Waals surface area contributed by atoms with Crippen LogP contribution >= 0.6 is 11.3 Å². The van der Waals surface area contributed by atoms with Crippen LogP contribution in [0.2, 0.25) is 0 Å². The fourth-order valence-corrected chi connectivity index (χ4v) is 2.39. The molecule has 2 heterocycles. The van der Waals surface area contributed by atoms with E-state index in [1.54, 1.807) is 25.7 Å². The van der Waals surface area contributed by atoms with E-state index in [1.165, 1.54) is 26.8 Å². The van der Waals surface area contributed by atoms with Crippen molar-refractivity contribution in [2.45, 2.75) is 13.0 Å². The standard InChI is InChI=1S/C12H15N3O3S/c1-8(7-18-3)14(2)10(16)9-6-13-12-15(11(9)17)4-5-19-12/h4-6,8H,7H2,1-3H3. The van der Waals surface area contributed by atoms with Crippen LogP contribution in [0.3, 0.4) is 0 Å². The van der Waals surface area contributed by atoms with Crippen LogP contribution in [0.25, 0.3) is 4.96 Å². The van der Waals surface area contributed by atoms with E-state index in [0.717, 1.165) is 0 Å². The van der Waals surface area contributed by atoms with Gasteiger partial charge in [-0.25, -0.2) is 4.98 Å². The second-order valence-corrected chi connectivity index (χ2v) is 5.13. The minimum absolute atomic E-state index is 0.0707. The van der Waals surface area contributed by atoms with Gasteiger partial charge in [0.1, 0.15) is 5.56 Å². The number of rotatable bonds is 4. The molecule has 2 aromatic rings. The van der Waals surface area contributed by atoms with Gasteiger partial charge in [0.15, 0.2) is 4.96 Å². The third-order valence-electron chi connectivity index (χ3n) is 2.96. The van der Waals surface area contributed by atoms with Crippen molar-refractivity contribution in [3.63, 3.8) is 0 Å². The second kappa shape index (κ2) is 5.50. The summed E-state index contributed by atoms with van der Waals surface area (Å²) < 4.78 is 6.39. The van der Waals surface area contributed by atoms with Crippen molar-refractivity contribution in [3.8, 4) is 0 Å². The van der Waals surface area contributed by atoms with E-state index in [0.29, 0.717) is 11.6 Å². The molecule has 0 fully saturated rings. The van der Waals surface area contributed by atoms with Crippen LogP contribution in [-0.4, -0.2) is 47.0 Å². The van der Waals surface area contributed by atoms with Gasteiger partial charge in [0, 0.05) is 31.9 Å². The van der Waals surface area contributed by atoms with Crippen molar-refractivity contribution in [1.82, 2.24) is 14.3 Å². The van der Waals surface area contributed by atoms with E-state index in [-0.39, 0.29) is 23.1 Å². The Morgan fingerprint density at radius 1 is 1.63 bits per heavy atom. The number of fused-ring (bicyclic) bond motifs is 1. The van der Waals surface area contributed by atoms with Crippen LogP contribution in [0.5, 0.6) is 0 Å². The van der Waals surface area contributed by atoms with Crippen LogP contribution in [0, 0.1) is 0 Å². The van der Waals surface area contributed by atoms with Gasteiger partial charge >= 0.3 is 0 Å². The SMILES string of the molecule is COCC(C)N(C)C(=O)c1cnc2sccn2c1=O. The molecule has 6 nitrogen and oxygen atoms in total. The van der Waals surface area contributed by atoms with E-state index >= 15 is 0 Å². The van der Waals surface area contributed by atoms with Crippen LogP contribution in [0.4, 0.5) is 0 Å². The Balaban J connectivity index is 2.36. The Hall–Kier alpha value is -1.73. The van der Waals surface area contributed by atoms with Crippen LogP contribution < -0.4 is 5.56 Å². The summed E-state index contributed by atoms with van der Waals surface area (Å²) in [6.07, 6.45) is 2.96. The molecule has 0 aromatic carbocycles. The van der Waals surface area contributed by atoms with Crippen molar-refractivity contribution in [1.29, 1.82) is 0 Å². The van der Waals surface area contributed by atoms with Crippen molar-refractivity contribution in [3.05, 3.63) is 33.7 Å². The average Bonchev–Trinajstić information content (AvgIpc) is 2.87. The molecule has 0 aliphatic heterocycles. The Morgan fingerprint density at radius 3 is 3.05 bits per heavy atom. The van der Waals surface area contributed by atoms with Crippen molar-refractivity contribution < 1.29 is 9.53 Å². The molecule has 0 radical (unpaired) electrons. The van der Waals surface area contributed by atoms with Gasteiger partial charge < -0.3 is 9.64 Å². The number of aromatic nitrogens is 2. The van der Waals surface area contributed by atoms with Gasteiger partial charge in [0.05, 0.1) is 12.6 Å². The third-order valence-corrected chi connectivity index (χ3v) is 3.73. The zero-order valence-corrected chi connectivity index (χ0v) is 11.8. The molecule has 0 aliphatic rings. The quantitative estimate of drug-likeness (QED) is 0.834. The fraction of sp³-hybridized carbons (Fsp3) is 0.417. The Labute approximate surface area is 114 Å². The number of likely N-dealkylation sites (N-methyl/N-ethyl adjacent to an activating group) is 1. The van der Waals surface area contributed by atoms with Gasteiger partial charge in [-0.05, 0) is 6.92 Å². The van der Waals surface area contributed by atoms with Gasteiger partial charge in [-0.15, -0.1) is 11.3 Å². The Morgan fingerprint density at radius 2 is 2.37 bits per heavy atom. The molecule has 0 bridgehead atoms. The normalized spacial score (nSPS) is 12.6. The summed E-state index contributed by atoms with van der Waals surface area (Å²) in [4.78, 5) is 30.6. The van der Waals surface area contributed by atoms with Crippen molar-refractivity contribution in [2.75, 3.05) is 20.8 Å². The molecular formula is C12H15N3O3S. The maximum absolute atomic E-state index is 12.3. The molecule has 2 rings (SSSR count). The van der Waals surface area contributed by atoms with Crippen LogP contribution in [0.15, 0.2) is 22.6 Å². The highest BCUT2D eigenvalue weighted by atomic mass is 32.1. The van der Waals surface area contributed by atoms with Crippen molar-refractivity contribution in [2.24, 2.45) is 0 Å². The number of methoxy groups -OCH3 is 1. The molecule has 0 saturated heterocycles. The average molecular weight is 281 g/mol. The van der Waals surface area contributed by atoms with Gasteiger partial charge in [0.25, 0.3) is 11.5 Å². The lowest BCUT2D eigenvalue weighted by atomic mass is 10.2.